The van der Waals surface area contributed by atoms with Crippen molar-refractivity contribution < 1.29 is 4.79 Å². The van der Waals surface area contributed by atoms with Crippen molar-refractivity contribution in [2.24, 2.45) is 0 Å². The molecule has 0 atom stereocenters. The number of benzene rings is 1. The van der Waals surface area contributed by atoms with E-state index in [1.165, 1.54) is 11.9 Å². The van der Waals surface area contributed by atoms with E-state index in [-0.39, 0.29) is 5.91 Å². The molecule has 1 amide bonds. The molecule has 0 unspecified atom stereocenters. The summed E-state index contributed by atoms with van der Waals surface area (Å²) in [4.78, 5) is 11.9. The fourth-order valence-electron chi connectivity index (χ4n) is 1.45. The van der Waals surface area contributed by atoms with Crippen LogP contribution in [0.3, 0.4) is 0 Å². The number of hydrazine groups is 2. The molecule has 0 spiro atoms. The average molecular weight is 263 g/mol. The Labute approximate surface area is 111 Å². The summed E-state index contributed by atoms with van der Waals surface area (Å²) in [6.07, 6.45) is 1.80. The van der Waals surface area contributed by atoms with Crippen LogP contribution < -0.4 is 16.2 Å². The van der Waals surface area contributed by atoms with Crippen molar-refractivity contribution in [1.29, 1.82) is 0 Å². The lowest BCUT2D eigenvalue weighted by Gasteiger charge is -2.16. The smallest absolute Gasteiger partial charge is 0.267 e. The molecule has 0 saturated carbocycles. The molecule has 3 N–H and O–H groups in total. The predicted octanol–water partition coefficient (Wildman–Crippen LogP) is 1.39. The maximum atomic E-state index is 11.9. The lowest BCUT2D eigenvalue weighted by Crippen LogP contribution is -2.41. The van der Waals surface area contributed by atoms with Gasteiger partial charge < -0.3 is 5.32 Å². The van der Waals surface area contributed by atoms with Crippen LogP contribution >= 0.6 is 11.9 Å². The Hall–Kier alpha value is -1.66. The molecular formula is C12H15N4OS. The first-order valence-electron chi connectivity index (χ1n) is 5.60. The molecule has 1 radical (unpaired) electrons. The van der Waals surface area contributed by atoms with E-state index in [1.807, 2.05) is 19.1 Å². The zero-order valence-electron chi connectivity index (χ0n) is 10.1. The zero-order chi connectivity index (χ0) is 13.0. The van der Waals surface area contributed by atoms with Gasteiger partial charge in [0.2, 0.25) is 0 Å². The number of carbonyl (C=O) groups is 1. The van der Waals surface area contributed by atoms with Crippen LogP contribution in [0.5, 0.6) is 0 Å². The molecule has 2 rings (SSSR count). The number of carbonyl (C=O) groups excluding carboxylic acids is 1. The van der Waals surface area contributed by atoms with Gasteiger partial charge in [0, 0.05) is 30.3 Å². The summed E-state index contributed by atoms with van der Waals surface area (Å²) in [5.74, 6) is -0.174. The molecule has 18 heavy (non-hydrogen) atoms. The van der Waals surface area contributed by atoms with Gasteiger partial charge in [-0.1, -0.05) is 16.7 Å². The van der Waals surface area contributed by atoms with E-state index < -0.39 is 0 Å². The second-order valence-corrected chi connectivity index (χ2v) is 4.68. The van der Waals surface area contributed by atoms with Gasteiger partial charge in [-0.3, -0.25) is 15.6 Å². The number of nitrogens with one attached hydrogen (secondary N) is 3. The van der Waals surface area contributed by atoms with Crippen molar-refractivity contribution >= 4 is 17.9 Å². The van der Waals surface area contributed by atoms with E-state index >= 15 is 0 Å². The lowest BCUT2D eigenvalue weighted by molar-refractivity contribution is 0.0871. The van der Waals surface area contributed by atoms with Crippen molar-refractivity contribution in [3.63, 3.8) is 0 Å². The second-order valence-electron chi connectivity index (χ2n) is 3.69. The molecule has 5 nitrogen and oxygen atoms in total. The minimum Gasteiger partial charge on any atom is -0.378 e. The highest BCUT2D eigenvalue weighted by molar-refractivity contribution is 8.00. The van der Waals surface area contributed by atoms with Crippen LogP contribution in [0.1, 0.15) is 22.8 Å². The van der Waals surface area contributed by atoms with E-state index in [1.54, 1.807) is 22.9 Å². The molecule has 0 aromatic heterocycles. The monoisotopic (exact) mass is 263 g/mol. The summed E-state index contributed by atoms with van der Waals surface area (Å²) >= 11 is 1.39. The van der Waals surface area contributed by atoms with Gasteiger partial charge in [-0.25, -0.2) is 0 Å². The van der Waals surface area contributed by atoms with Gasteiger partial charge in [0.25, 0.3) is 5.91 Å². The van der Waals surface area contributed by atoms with Gasteiger partial charge >= 0.3 is 0 Å². The highest BCUT2D eigenvalue weighted by atomic mass is 32.2. The Morgan fingerprint density at radius 1 is 1.56 bits per heavy atom. The second kappa shape index (κ2) is 5.79. The number of amides is 1. The molecule has 0 fully saturated rings. The van der Waals surface area contributed by atoms with Crippen LogP contribution in [0.15, 0.2) is 35.5 Å². The van der Waals surface area contributed by atoms with Gasteiger partial charge in [0.05, 0.1) is 0 Å². The maximum Gasteiger partial charge on any atom is 0.267 e. The van der Waals surface area contributed by atoms with Crippen molar-refractivity contribution in [1.82, 2.24) is 20.7 Å². The fraction of sp³-hybridized carbons (Fsp3) is 0.167. The molecule has 6 heteroatoms. The third kappa shape index (κ3) is 3.18. The molecule has 0 saturated heterocycles. The summed E-state index contributed by atoms with van der Waals surface area (Å²) in [5, 5.41) is 4.12. The third-order valence-electron chi connectivity index (χ3n) is 2.25. The molecule has 1 aromatic rings. The minimum atomic E-state index is -0.174. The SMILES string of the molecule is [CH2]c1cccc(C(=O)NN2NC=C(NCC)S2)c1. The summed E-state index contributed by atoms with van der Waals surface area (Å²) < 4.78 is 1.55. The van der Waals surface area contributed by atoms with Crippen LogP contribution in [-0.2, 0) is 0 Å². The van der Waals surface area contributed by atoms with Crippen molar-refractivity contribution in [2.75, 3.05) is 6.54 Å². The Bertz CT molecular complexity index is 475. The van der Waals surface area contributed by atoms with Crippen LogP contribution in [0.2, 0.25) is 0 Å². The Kier molecular flexibility index (Phi) is 4.11. The molecule has 1 aliphatic rings. The lowest BCUT2D eigenvalue weighted by atomic mass is 10.1. The van der Waals surface area contributed by atoms with Crippen LogP contribution in [0.25, 0.3) is 0 Å². The first-order valence-corrected chi connectivity index (χ1v) is 6.37. The minimum absolute atomic E-state index is 0.174. The summed E-state index contributed by atoms with van der Waals surface area (Å²) in [6, 6.07) is 7.16. The van der Waals surface area contributed by atoms with E-state index in [4.69, 9.17) is 0 Å². The Morgan fingerprint density at radius 3 is 3.11 bits per heavy atom. The predicted molar refractivity (Wildman–Crippen MR) is 72.7 cm³/mol. The van der Waals surface area contributed by atoms with E-state index in [0.717, 1.165) is 17.1 Å². The standard InChI is InChI=1S/C12H15N4OS/c1-3-13-11-8-14-16(18-11)15-12(17)10-6-4-5-9(2)7-10/h4-8,13-14H,2-3H2,1H3,(H,15,17). The van der Waals surface area contributed by atoms with Crippen LogP contribution in [0, 0.1) is 6.92 Å². The van der Waals surface area contributed by atoms with Crippen LogP contribution in [-0.4, -0.2) is 17.0 Å². The van der Waals surface area contributed by atoms with Gasteiger partial charge in [-0.2, -0.15) is 0 Å². The Balaban J connectivity index is 1.90. The van der Waals surface area contributed by atoms with E-state index in [0.29, 0.717) is 5.56 Å². The first-order chi connectivity index (χ1) is 8.69. The number of rotatable bonds is 4. The third-order valence-corrected chi connectivity index (χ3v) is 3.08. The van der Waals surface area contributed by atoms with Gasteiger partial charge in [-0.05, 0) is 31.5 Å². The highest BCUT2D eigenvalue weighted by Crippen LogP contribution is 2.19. The molecule has 0 aliphatic carbocycles. The van der Waals surface area contributed by atoms with Gasteiger partial charge in [0.15, 0.2) is 0 Å². The molecule has 0 bridgehead atoms. The van der Waals surface area contributed by atoms with Gasteiger partial charge in [0.1, 0.15) is 5.03 Å². The van der Waals surface area contributed by atoms with Crippen molar-refractivity contribution in [2.45, 2.75) is 6.92 Å². The van der Waals surface area contributed by atoms with Crippen LogP contribution in [0.4, 0.5) is 0 Å². The highest BCUT2D eigenvalue weighted by Gasteiger charge is 2.17. The molecular weight excluding hydrogens is 248 g/mol. The Morgan fingerprint density at radius 2 is 2.39 bits per heavy atom. The molecule has 1 aromatic carbocycles. The molecule has 1 heterocycles. The number of hydrogen-bond acceptors (Lipinski definition) is 5. The zero-order valence-corrected chi connectivity index (χ0v) is 10.9. The number of nitrogens with zero attached hydrogens (tertiary/aromatic N) is 1. The van der Waals surface area contributed by atoms with Crippen molar-refractivity contribution in [3.8, 4) is 0 Å². The number of hydrogen-bond donors (Lipinski definition) is 3. The largest absolute Gasteiger partial charge is 0.378 e. The summed E-state index contributed by atoms with van der Waals surface area (Å²) in [7, 11) is 0. The quantitative estimate of drug-likeness (QED) is 0.717. The fourth-order valence-corrected chi connectivity index (χ4v) is 2.20. The van der Waals surface area contributed by atoms with Gasteiger partial charge in [-0.15, -0.1) is 0 Å². The van der Waals surface area contributed by atoms with E-state index in [9.17, 15) is 4.79 Å². The maximum absolute atomic E-state index is 11.9. The molecule has 1 aliphatic heterocycles. The molecule has 95 valence electrons. The first kappa shape index (κ1) is 12.8. The van der Waals surface area contributed by atoms with E-state index in [2.05, 4.69) is 23.1 Å². The topological polar surface area (TPSA) is 56.4 Å². The summed E-state index contributed by atoms with van der Waals surface area (Å²) in [5.41, 5.74) is 7.07. The average Bonchev–Trinajstić information content (AvgIpc) is 2.77. The summed E-state index contributed by atoms with van der Waals surface area (Å²) in [6.45, 7) is 6.65. The van der Waals surface area contributed by atoms with Crippen molar-refractivity contribution in [3.05, 3.63) is 53.5 Å². The normalized spacial score (nSPS) is 14.9.